The Bertz CT molecular complexity index is 744. The summed E-state index contributed by atoms with van der Waals surface area (Å²) in [5.41, 5.74) is 2.22. The summed E-state index contributed by atoms with van der Waals surface area (Å²) in [6.07, 6.45) is 0. The van der Waals surface area contributed by atoms with Crippen molar-refractivity contribution in [3.63, 3.8) is 0 Å². The fourth-order valence-electron chi connectivity index (χ4n) is 3.47. The second-order valence-electron chi connectivity index (χ2n) is 6.71. The number of thioether (sulfide) groups is 1. The number of fused-ring (bicyclic) bond motifs is 2. The van der Waals surface area contributed by atoms with Crippen molar-refractivity contribution in [3.05, 3.63) is 65.7 Å². The van der Waals surface area contributed by atoms with E-state index >= 15 is 0 Å². The molecule has 118 valence electrons. The average molecular weight is 324 g/mol. The molecule has 0 radical (unpaired) electrons. The summed E-state index contributed by atoms with van der Waals surface area (Å²) in [6.45, 7) is 5.73. The van der Waals surface area contributed by atoms with Gasteiger partial charge < -0.3 is 9.80 Å². The van der Waals surface area contributed by atoms with E-state index in [1.807, 2.05) is 45.8 Å². The number of carbonyl (C=O) groups excluding carboxylic acids is 1. The Kier molecular flexibility index (Phi) is 3.38. The molecule has 2 amide bonds. The van der Waals surface area contributed by atoms with Crippen molar-refractivity contribution in [3.8, 4) is 0 Å². The first-order valence-electron chi connectivity index (χ1n) is 7.94. The Morgan fingerprint density at radius 2 is 1.78 bits per heavy atom. The molecular formula is C19H20N2OS. The highest BCUT2D eigenvalue weighted by molar-refractivity contribution is 8.00. The van der Waals surface area contributed by atoms with Crippen molar-refractivity contribution >= 4 is 17.8 Å². The zero-order chi connectivity index (χ0) is 16.0. The number of amides is 2. The van der Waals surface area contributed by atoms with Gasteiger partial charge in [-0.1, -0.05) is 60.3 Å². The minimum absolute atomic E-state index is 0.144. The van der Waals surface area contributed by atoms with Crippen LogP contribution in [-0.2, 0) is 13.1 Å². The van der Waals surface area contributed by atoms with E-state index in [9.17, 15) is 4.79 Å². The third kappa shape index (κ3) is 2.32. The SMILES string of the molecule is CC1(C)C2Sc3ccccc3CN2C(=O)N1Cc1ccccc1. The van der Waals surface area contributed by atoms with Crippen LogP contribution >= 0.6 is 11.8 Å². The molecule has 1 atom stereocenters. The normalized spacial score (nSPS) is 22.0. The minimum atomic E-state index is -0.203. The van der Waals surface area contributed by atoms with Crippen LogP contribution in [0, 0.1) is 0 Å². The van der Waals surface area contributed by atoms with Crippen molar-refractivity contribution < 1.29 is 4.79 Å². The lowest BCUT2D eigenvalue weighted by Crippen LogP contribution is -2.45. The molecule has 1 saturated heterocycles. The first-order chi connectivity index (χ1) is 11.1. The van der Waals surface area contributed by atoms with Gasteiger partial charge in [0, 0.05) is 18.0 Å². The van der Waals surface area contributed by atoms with Gasteiger partial charge in [0.05, 0.1) is 5.54 Å². The van der Waals surface area contributed by atoms with Crippen LogP contribution in [0.2, 0.25) is 0 Å². The molecule has 4 rings (SSSR count). The summed E-state index contributed by atoms with van der Waals surface area (Å²) >= 11 is 1.82. The van der Waals surface area contributed by atoms with Crippen LogP contribution in [0.15, 0.2) is 59.5 Å². The molecule has 2 aliphatic rings. The third-order valence-corrected chi connectivity index (χ3v) is 6.50. The molecule has 0 aromatic heterocycles. The molecule has 0 aliphatic carbocycles. The highest BCUT2D eigenvalue weighted by atomic mass is 32.2. The van der Waals surface area contributed by atoms with Crippen LogP contribution in [0.25, 0.3) is 0 Å². The molecule has 0 N–H and O–H groups in total. The largest absolute Gasteiger partial charge is 0.322 e. The number of rotatable bonds is 2. The van der Waals surface area contributed by atoms with E-state index in [0.717, 1.165) is 0 Å². The Morgan fingerprint density at radius 3 is 2.57 bits per heavy atom. The van der Waals surface area contributed by atoms with Crippen LogP contribution in [-0.4, -0.2) is 26.7 Å². The second-order valence-corrected chi connectivity index (χ2v) is 7.84. The number of benzene rings is 2. The van der Waals surface area contributed by atoms with Gasteiger partial charge in [-0.3, -0.25) is 0 Å². The maximum atomic E-state index is 13.0. The number of urea groups is 1. The molecule has 0 saturated carbocycles. The molecule has 0 bridgehead atoms. The molecule has 23 heavy (non-hydrogen) atoms. The van der Waals surface area contributed by atoms with E-state index in [-0.39, 0.29) is 16.9 Å². The molecule has 2 aromatic carbocycles. The number of hydrogen-bond donors (Lipinski definition) is 0. The van der Waals surface area contributed by atoms with Crippen molar-refractivity contribution in [1.82, 2.24) is 9.80 Å². The fourth-order valence-corrected chi connectivity index (χ4v) is 4.85. The Hall–Kier alpha value is -1.94. The molecular weight excluding hydrogens is 304 g/mol. The number of carbonyl (C=O) groups is 1. The molecule has 1 fully saturated rings. The van der Waals surface area contributed by atoms with Gasteiger partial charge in [-0.2, -0.15) is 0 Å². The van der Waals surface area contributed by atoms with E-state index < -0.39 is 0 Å². The topological polar surface area (TPSA) is 23.6 Å². The summed E-state index contributed by atoms with van der Waals surface area (Å²) in [5, 5.41) is 0.161. The maximum absolute atomic E-state index is 13.0. The quantitative estimate of drug-likeness (QED) is 0.820. The van der Waals surface area contributed by atoms with Gasteiger partial charge in [0.1, 0.15) is 5.37 Å². The molecule has 0 spiro atoms. The highest BCUT2D eigenvalue weighted by Gasteiger charge is 2.53. The zero-order valence-electron chi connectivity index (χ0n) is 13.4. The molecule has 4 heteroatoms. The van der Waals surface area contributed by atoms with Crippen molar-refractivity contribution in [2.75, 3.05) is 0 Å². The number of nitrogens with zero attached hydrogens (tertiary/aromatic N) is 2. The van der Waals surface area contributed by atoms with Crippen LogP contribution < -0.4 is 0 Å². The van der Waals surface area contributed by atoms with Gasteiger partial charge in [-0.05, 0) is 31.0 Å². The van der Waals surface area contributed by atoms with Crippen LogP contribution in [0.3, 0.4) is 0 Å². The van der Waals surface area contributed by atoms with Crippen molar-refractivity contribution in [2.45, 2.75) is 42.7 Å². The van der Waals surface area contributed by atoms with E-state index in [2.05, 4.69) is 44.2 Å². The van der Waals surface area contributed by atoms with Crippen LogP contribution in [0.4, 0.5) is 4.79 Å². The Morgan fingerprint density at radius 1 is 1.09 bits per heavy atom. The average Bonchev–Trinajstić information content (AvgIpc) is 2.75. The van der Waals surface area contributed by atoms with E-state index in [1.165, 1.54) is 16.0 Å². The number of hydrogen-bond acceptors (Lipinski definition) is 2. The highest BCUT2D eigenvalue weighted by Crippen LogP contribution is 2.47. The van der Waals surface area contributed by atoms with Gasteiger partial charge >= 0.3 is 6.03 Å². The first-order valence-corrected chi connectivity index (χ1v) is 8.82. The van der Waals surface area contributed by atoms with Gasteiger partial charge in [0.2, 0.25) is 0 Å². The molecule has 2 aromatic rings. The van der Waals surface area contributed by atoms with Gasteiger partial charge in [0.25, 0.3) is 0 Å². The predicted octanol–water partition coefficient (Wildman–Crippen LogP) is 4.33. The van der Waals surface area contributed by atoms with Crippen molar-refractivity contribution in [2.24, 2.45) is 0 Å². The smallest absolute Gasteiger partial charge is 0.312 e. The lowest BCUT2D eigenvalue weighted by Gasteiger charge is -2.37. The van der Waals surface area contributed by atoms with Gasteiger partial charge in [-0.15, -0.1) is 0 Å². The summed E-state index contributed by atoms with van der Waals surface area (Å²) in [4.78, 5) is 18.4. The van der Waals surface area contributed by atoms with Crippen molar-refractivity contribution in [1.29, 1.82) is 0 Å². The standard InChI is InChI=1S/C19H20N2OS/c1-19(2)17-20(13-15-10-6-7-11-16(15)23-17)18(22)21(19)12-14-8-4-3-5-9-14/h3-11,17H,12-13H2,1-2H3. The summed E-state index contributed by atoms with van der Waals surface area (Å²) < 4.78 is 0. The van der Waals surface area contributed by atoms with Crippen LogP contribution in [0.5, 0.6) is 0 Å². The van der Waals surface area contributed by atoms with Gasteiger partial charge in [0.15, 0.2) is 0 Å². The van der Waals surface area contributed by atoms with E-state index in [1.54, 1.807) is 0 Å². The maximum Gasteiger partial charge on any atom is 0.322 e. The molecule has 2 heterocycles. The predicted molar refractivity (Wildman–Crippen MR) is 93.1 cm³/mol. The fraction of sp³-hybridized carbons (Fsp3) is 0.316. The third-order valence-electron chi connectivity index (χ3n) is 4.80. The van der Waals surface area contributed by atoms with E-state index in [0.29, 0.717) is 13.1 Å². The Balaban J connectivity index is 1.66. The first kappa shape index (κ1) is 14.6. The Labute approximate surface area is 141 Å². The summed E-state index contributed by atoms with van der Waals surface area (Å²) in [7, 11) is 0. The summed E-state index contributed by atoms with van der Waals surface area (Å²) in [6, 6.07) is 18.8. The minimum Gasteiger partial charge on any atom is -0.312 e. The zero-order valence-corrected chi connectivity index (χ0v) is 14.2. The lowest BCUT2D eigenvalue weighted by atomic mass is 10.0. The molecule has 1 unspecified atom stereocenters. The second kappa shape index (κ2) is 5.31. The monoisotopic (exact) mass is 324 g/mol. The lowest BCUT2D eigenvalue weighted by molar-refractivity contribution is 0.166. The molecule has 3 nitrogen and oxygen atoms in total. The van der Waals surface area contributed by atoms with E-state index in [4.69, 9.17) is 0 Å². The summed E-state index contributed by atoms with van der Waals surface area (Å²) in [5.74, 6) is 0. The van der Waals surface area contributed by atoms with Gasteiger partial charge in [-0.25, -0.2) is 4.79 Å². The molecule has 2 aliphatic heterocycles. The van der Waals surface area contributed by atoms with Crippen LogP contribution in [0.1, 0.15) is 25.0 Å².